The standard InChI is InChI=1S/C10H19O3P/c1-3-12-14(11,13-4-2)10-8-6-5-7-9-10/h8H,3-7,9H2,1-2H3. The molecule has 0 heterocycles. The Morgan fingerprint density at radius 1 is 1.29 bits per heavy atom. The van der Waals surface area contributed by atoms with E-state index < -0.39 is 7.60 Å². The number of hydrogen-bond acceptors (Lipinski definition) is 3. The van der Waals surface area contributed by atoms with Crippen LogP contribution in [-0.4, -0.2) is 13.2 Å². The van der Waals surface area contributed by atoms with Crippen LogP contribution in [0, 0.1) is 0 Å². The van der Waals surface area contributed by atoms with Crippen LogP contribution >= 0.6 is 7.60 Å². The van der Waals surface area contributed by atoms with Gasteiger partial charge in [-0.3, -0.25) is 4.57 Å². The van der Waals surface area contributed by atoms with Gasteiger partial charge in [0.2, 0.25) is 0 Å². The van der Waals surface area contributed by atoms with Crippen molar-refractivity contribution in [3.8, 4) is 0 Å². The van der Waals surface area contributed by atoms with Crippen LogP contribution in [0.4, 0.5) is 0 Å². The normalized spacial score (nSPS) is 18.0. The van der Waals surface area contributed by atoms with Crippen LogP contribution < -0.4 is 0 Å². The largest absolute Gasteiger partial charge is 0.356 e. The molecule has 0 aromatic heterocycles. The summed E-state index contributed by atoms with van der Waals surface area (Å²) in [7, 11) is -2.93. The summed E-state index contributed by atoms with van der Waals surface area (Å²) < 4.78 is 22.8. The molecule has 3 nitrogen and oxygen atoms in total. The second-order valence-corrected chi connectivity index (χ2v) is 5.36. The van der Waals surface area contributed by atoms with Crippen LogP contribution in [0.2, 0.25) is 0 Å². The molecular weight excluding hydrogens is 199 g/mol. The van der Waals surface area contributed by atoms with Crippen LogP contribution in [0.5, 0.6) is 0 Å². The first-order chi connectivity index (χ1) is 6.73. The zero-order valence-electron chi connectivity index (χ0n) is 8.99. The number of hydrogen-bond donors (Lipinski definition) is 0. The van der Waals surface area contributed by atoms with E-state index >= 15 is 0 Å². The summed E-state index contributed by atoms with van der Waals surface area (Å²) in [5.74, 6) is 0. The molecule has 1 rings (SSSR count). The summed E-state index contributed by atoms with van der Waals surface area (Å²) >= 11 is 0. The molecule has 0 aromatic carbocycles. The van der Waals surface area contributed by atoms with Crippen LogP contribution in [0.15, 0.2) is 11.4 Å². The molecule has 0 aliphatic heterocycles. The molecule has 0 amide bonds. The summed E-state index contributed by atoms with van der Waals surface area (Å²) in [5.41, 5.74) is 0. The Hall–Kier alpha value is -0.110. The minimum absolute atomic E-state index is 0.439. The fourth-order valence-electron chi connectivity index (χ4n) is 1.61. The van der Waals surface area contributed by atoms with Gasteiger partial charge in [0, 0.05) is 5.31 Å². The van der Waals surface area contributed by atoms with Crippen molar-refractivity contribution in [3.05, 3.63) is 11.4 Å². The van der Waals surface area contributed by atoms with Gasteiger partial charge in [-0.05, 0) is 39.5 Å². The molecule has 1 aliphatic carbocycles. The van der Waals surface area contributed by atoms with Crippen molar-refractivity contribution in [1.82, 2.24) is 0 Å². The molecule has 0 atom stereocenters. The van der Waals surface area contributed by atoms with E-state index in [1.165, 1.54) is 6.42 Å². The Kier molecular flexibility index (Phi) is 4.86. The van der Waals surface area contributed by atoms with Gasteiger partial charge in [-0.15, -0.1) is 0 Å². The first-order valence-electron chi connectivity index (χ1n) is 5.31. The minimum Gasteiger partial charge on any atom is -0.306 e. The first-order valence-corrected chi connectivity index (χ1v) is 6.86. The van der Waals surface area contributed by atoms with E-state index in [1.807, 2.05) is 19.9 Å². The van der Waals surface area contributed by atoms with Crippen LogP contribution in [-0.2, 0) is 13.6 Å². The van der Waals surface area contributed by atoms with Crippen molar-refractivity contribution in [2.24, 2.45) is 0 Å². The van der Waals surface area contributed by atoms with Crippen molar-refractivity contribution in [3.63, 3.8) is 0 Å². The highest BCUT2D eigenvalue weighted by atomic mass is 31.2. The summed E-state index contributed by atoms with van der Waals surface area (Å²) in [5, 5.41) is 0.882. The molecule has 0 N–H and O–H groups in total. The van der Waals surface area contributed by atoms with Crippen molar-refractivity contribution in [2.75, 3.05) is 13.2 Å². The van der Waals surface area contributed by atoms with Gasteiger partial charge in [-0.2, -0.15) is 0 Å². The van der Waals surface area contributed by atoms with Crippen LogP contribution in [0.3, 0.4) is 0 Å². The van der Waals surface area contributed by atoms with Gasteiger partial charge in [0.05, 0.1) is 13.2 Å². The molecule has 0 saturated carbocycles. The average molecular weight is 218 g/mol. The van der Waals surface area contributed by atoms with Crippen molar-refractivity contribution < 1.29 is 13.6 Å². The third-order valence-corrected chi connectivity index (χ3v) is 4.52. The lowest BCUT2D eigenvalue weighted by Gasteiger charge is -2.22. The highest BCUT2D eigenvalue weighted by Gasteiger charge is 2.29. The van der Waals surface area contributed by atoms with Gasteiger partial charge in [0.1, 0.15) is 0 Å². The zero-order valence-corrected chi connectivity index (χ0v) is 9.89. The molecule has 0 unspecified atom stereocenters. The molecule has 14 heavy (non-hydrogen) atoms. The number of rotatable bonds is 5. The summed E-state index contributed by atoms with van der Waals surface area (Å²) in [6, 6.07) is 0. The van der Waals surface area contributed by atoms with Crippen LogP contribution in [0.25, 0.3) is 0 Å². The van der Waals surface area contributed by atoms with E-state index in [4.69, 9.17) is 9.05 Å². The van der Waals surface area contributed by atoms with E-state index in [2.05, 4.69) is 0 Å². The summed E-state index contributed by atoms with van der Waals surface area (Å²) in [6.07, 6.45) is 6.16. The SMILES string of the molecule is CCOP(=O)(OCC)C1=CCCCC1. The second-order valence-electron chi connectivity index (χ2n) is 3.27. The van der Waals surface area contributed by atoms with Gasteiger partial charge < -0.3 is 9.05 Å². The Morgan fingerprint density at radius 3 is 2.36 bits per heavy atom. The molecule has 0 fully saturated rings. The highest BCUT2D eigenvalue weighted by molar-refractivity contribution is 7.58. The third-order valence-electron chi connectivity index (χ3n) is 2.22. The maximum atomic E-state index is 12.3. The number of allylic oxidation sites excluding steroid dienone is 2. The maximum absolute atomic E-state index is 12.3. The molecule has 82 valence electrons. The van der Waals surface area contributed by atoms with Crippen molar-refractivity contribution >= 4 is 7.60 Å². The van der Waals surface area contributed by atoms with E-state index in [1.54, 1.807) is 0 Å². The zero-order chi connectivity index (χ0) is 10.4. The predicted octanol–water partition coefficient (Wildman–Crippen LogP) is 3.71. The third kappa shape index (κ3) is 2.94. The maximum Gasteiger partial charge on any atom is 0.356 e. The fourth-order valence-corrected chi connectivity index (χ4v) is 3.48. The Balaban J connectivity index is 2.74. The summed E-state index contributed by atoms with van der Waals surface area (Å²) in [4.78, 5) is 0. The average Bonchev–Trinajstić information content (AvgIpc) is 2.20. The van der Waals surface area contributed by atoms with Gasteiger partial charge >= 0.3 is 7.60 Å². The minimum atomic E-state index is -2.93. The topological polar surface area (TPSA) is 35.5 Å². The molecule has 0 aromatic rings. The fraction of sp³-hybridized carbons (Fsp3) is 0.800. The van der Waals surface area contributed by atoms with Crippen LogP contribution in [0.1, 0.15) is 39.5 Å². The Labute approximate surface area is 86.0 Å². The lowest BCUT2D eigenvalue weighted by molar-refractivity contribution is 0.225. The van der Waals surface area contributed by atoms with E-state index in [0.29, 0.717) is 13.2 Å². The van der Waals surface area contributed by atoms with Gasteiger partial charge in [-0.1, -0.05) is 6.08 Å². The Morgan fingerprint density at radius 2 is 1.93 bits per heavy atom. The van der Waals surface area contributed by atoms with E-state index in [-0.39, 0.29) is 0 Å². The molecule has 1 aliphatic rings. The molecule has 0 spiro atoms. The monoisotopic (exact) mass is 218 g/mol. The first kappa shape index (κ1) is 12.0. The van der Waals surface area contributed by atoms with E-state index in [9.17, 15) is 4.57 Å². The second kappa shape index (κ2) is 5.69. The quantitative estimate of drug-likeness (QED) is 0.660. The van der Waals surface area contributed by atoms with Crippen molar-refractivity contribution in [1.29, 1.82) is 0 Å². The van der Waals surface area contributed by atoms with Crippen molar-refractivity contribution in [2.45, 2.75) is 39.5 Å². The summed E-state index contributed by atoms with van der Waals surface area (Å²) in [6.45, 7) is 4.56. The molecule has 4 heteroatoms. The van der Waals surface area contributed by atoms with E-state index in [0.717, 1.165) is 24.6 Å². The lowest BCUT2D eigenvalue weighted by atomic mass is 10.1. The lowest BCUT2D eigenvalue weighted by Crippen LogP contribution is -2.01. The molecule has 0 bridgehead atoms. The van der Waals surface area contributed by atoms with Gasteiger partial charge in [0.15, 0.2) is 0 Å². The Bertz CT molecular complexity index is 238. The predicted molar refractivity (Wildman–Crippen MR) is 57.4 cm³/mol. The molecular formula is C10H19O3P. The smallest absolute Gasteiger partial charge is 0.306 e. The highest BCUT2D eigenvalue weighted by Crippen LogP contribution is 2.58. The van der Waals surface area contributed by atoms with Gasteiger partial charge in [-0.25, -0.2) is 0 Å². The molecule has 0 saturated heterocycles. The van der Waals surface area contributed by atoms with Gasteiger partial charge in [0.25, 0.3) is 0 Å². The molecule has 0 radical (unpaired) electrons.